The maximum atomic E-state index is 14.3. The van der Waals surface area contributed by atoms with E-state index < -0.39 is 5.41 Å². The number of amides is 2. The zero-order valence-corrected chi connectivity index (χ0v) is 23.3. The molecular weight excluding hydrogens is 452 g/mol. The minimum atomic E-state index is -0.639. The van der Waals surface area contributed by atoms with Crippen LogP contribution in [0.25, 0.3) is 0 Å². The Kier molecular flexibility index (Phi) is 5.53. The van der Waals surface area contributed by atoms with Gasteiger partial charge in [0.1, 0.15) is 0 Å². The zero-order chi connectivity index (χ0) is 26.5. The predicted octanol–water partition coefficient (Wildman–Crippen LogP) is 5.34. The minimum absolute atomic E-state index is 0.0613. The van der Waals surface area contributed by atoms with Gasteiger partial charge in [0.2, 0.25) is 11.8 Å². The number of hydrogen-bond donors (Lipinski definition) is 3. The van der Waals surface area contributed by atoms with Gasteiger partial charge in [-0.15, -0.1) is 0 Å². The molecule has 0 radical (unpaired) electrons. The molecule has 1 aliphatic heterocycles. The fourth-order valence-corrected chi connectivity index (χ4v) is 10.3. The highest BCUT2D eigenvalue weighted by atomic mass is 16.5. The summed E-state index contributed by atoms with van der Waals surface area (Å²) in [4.78, 5) is 39.7. The molecule has 4 fully saturated rings. The summed E-state index contributed by atoms with van der Waals surface area (Å²) in [5.41, 5.74) is 1.67. The minimum Gasteiger partial charge on any atom is -0.351 e. The molecule has 6 nitrogen and oxygen atoms in total. The van der Waals surface area contributed by atoms with Crippen molar-refractivity contribution in [2.75, 3.05) is 0 Å². The lowest BCUT2D eigenvalue weighted by Gasteiger charge is -2.69. The van der Waals surface area contributed by atoms with Crippen LogP contribution in [0, 0.1) is 44.8 Å². The number of rotatable bonds is 1. The summed E-state index contributed by atoms with van der Waals surface area (Å²) in [6.07, 6.45) is 9.65. The van der Waals surface area contributed by atoms with Crippen LogP contribution in [-0.2, 0) is 14.4 Å². The Morgan fingerprint density at radius 1 is 0.972 bits per heavy atom. The van der Waals surface area contributed by atoms with E-state index in [0.29, 0.717) is 12.8 Å². The van der Waals surface area contributed by atoms with Crippen molar-refractivity contribution in [3.63, 3.8) is 0 Å². The van der Waals surface area contributed by atoms with Crippen molar-refractivity contribution in [1.29, 1.82) is 0 Å². The number of carbonyl (C=O) groups is 3. The summed E-state index contributed by atoms with van der Waals surface area (Å²) >= 11 is 0. The average Bonchev–Trinajstić information content (AvgIpc) is 2.88. The van der Waals surface area contributed by atoms with Crippen molar-refractivity contribution >= 4 is 17.6 Å². The second kappa shape index (κ2) is 7.68. The lowest BCUT2D eigenvalue weighted by Crippen LogP contribution is -2.66. The molecule has 1 heterocycles. The van der Waals surface area contributed by atoms with Crippen molar-refractivity contribution in [3.8, 4) is 0 Å². The lowest BCUT2D eigenvalue weighted by atomic mass is 9.35. The van der Waals surface area contributed by atoms with Crippen LogP contribution >= 0.6 is 0 Å². The number of ketones is 1. The third kappa shape index (κ3) is 3.21. The first kappa shape index (κ1) is 25.9. The Bertz CT molecular complexity index is 1050. The summed E-state index contributed by atoms with van der Waals surface area (Å²) in [5.74, 6) is 0.287. The number of hydrogen-bond acceptors (Lipinski definition) is 4. The van der Waals surface area contributed by atoms with Gasteiger partial charge in [-0.25, -0.2) is 5.48 Å². The van der Waals surface area contributed by atoms with Crippen molar-refractivity contribution in [2.45, 2.75) is 112 Å². The fourth-order valence-electron chi connectivity index (χ4n) is 10.3. The normalized spacial score (nSPS) is 49.8. The van der Waals surface area contributed by atoms with Gasteiger partial charge in [0, 0.05) is 23.3 Å². The molecule has 5 aliphatic rings. The Balaban J connectivity index is 1.62. The first-order valence-corrected chi connectivity index (χ1v) is 14.1. The highest BCUT2D eigenvalue weighted by Crippen LogP contribution is 2.73. The molecule has 3 saturated carbocycles. The monoisotopic (exact) mass is 498 g/mol. The number of hydroxylamine groups is 1. The molecule has 0 aromatic carbocycles. The van der Waals surface area contributed by atoms with E-state index >= 15 is 0 Å². The summed E-state index contributed by atoms with van der Waals surface area (Å²) in [6, 6.07) is 0. The average molecular weight is 499 g/mol. The second-order valence-electron chi connectivity index (χ2n) is 15.0. The maximum absolute atomic E-state index is 14.3. The Morgan fingerprint density at radius 2 is 1.64 bits per heavy atom. The summed E-state index contributed by atoms with van der Waals surface area (Å²) < 4.78 is 0. The zero-order valence-electron chi connectivity index (χ0n) is 23.3. The third-order valence-electron chi connectivity index (χ3n) is 12.7. The molecular formula is C30H46N2O4. The highest BCUT2D eigenvalue weighted by Gasteiger charge is 2.69. The van der Waals surface area contributed by atoms with Crippen LogP contribution in [0.3, 0.4) is 0 Å². The lowest BCUT2D eigenvalue weighted by molar-refractivity contribution is -0.171. The largest absolute Gasteiger partial charge is 0.351 e. The van der Waals surface area contributed by atoms with Gasteiger partial charge in [0.15, 0.2) is 5.78 Å². The van der Waals surface area contributed by atoms with E-state index in [4.69, 9.17) is 0 Å². The van der Waals surface area contributed by atoms with E-state index in [-0.39, 0.29) is 62.6 Å². The predicted molar refractivity (Wildman–Crippen MR) is 138 cm³/mol. The van der Waals surface area contributed by atoms with Crippen LogP contribution in [0.15, 0.2) is 11.6 Å². The van der Waals surface area contributed by atoms with Crippen LogP contribution in [-0.4, -0.2) is 28.3 Å². The van der Waals surface area contributed by atoms with E-state index in [0.717, 1.165) is 44.9 Å². The van der Waals surface area contributed by atoms with Gasteiger partial charge in [-0.05, 0) is 105 Å². The van der Waals surface area contributed by atoms with Gasteiger partial charge in [0.05, 0.1) is 0 Å². The van der Waals surface area contributed by atoms with Crippen molar-refractivity contribution in [3.05, 3.63) is 11.6 Å². The van der Waals surface area contributed by atoms with E-state index in [1.165, 1.54) is 5.57 Å². The molecule has 3 N–H and O–H groups in total. The molecule has 8 atom stereocenters. The number of allylic oxidation sites excluding steroid dienone is 2. The molecule has 5 rings (SSSR count). The first-order valence-electron chi connectivity index (χ1n) is 14.1. The van der Waals surface area contributed by atoms with Gasteiger partial charge in [-0.3, -0.25) is 19.6 Å². The SMILES string of the molecule is CC1(C(=O)NO)CCC2(C)CCC3(C)C(=CC(=O)C4C5(C)CCC(=O)NC(C)(C)C5CCC43C)C2C1. The first-order chi connectivity index (χ1) is 16.6. The Labute approximate surface area is 216 Å². The maximum Gasteiger partial charge on any atom is 0.249 e. The fraction of sp³-hybridized carbons (Fsp3) is 0.833. The number of carbonyl (C=O) groups excluding carboxylic acids is 3. The Morgan fingerprint density at radius 3 is 2.31 bits per heavy atom. The molecule has 6 heteroatoms. The molecule has 200 valence electrons. The van der Waals surface area contributed by atoms with Gasteiger partial charge in [0.25, 0.3) is 0 Å². The highest BCUT2D eigenvalue weighted by molar-refractivity contribution is 5.96. The molecule has 1 saturated heterocycles. The topological polar surface area (TPSA) is 95.5 Å². The molecule has 2 amide bonds. The van der Waals surface area contributed by atoms with Crippen LogP contribution < -0.4 is 10.8 Å². The van der Waals surface area contributed by atoms with E-state index in [2.05, 4.69) is 46.9 Å². The number of fused-ring (bicyclic) bond motifs is 7. The van der Waals surface area contributed by atoms with Gasteiger partial charge in [-0.1, -0.05) is 40.2 Å². The number of nitrogens with one attached hydrogen (secondary N) is 2. The Hall–Kier alpha value is -1.69. The molecule has 8 unspecified atom stereocenters. The summed E-state index contributed by atoms with van der Waals surface area (Å²) in [5, 5.41) is 12.7. The van der Waals surface area contributed by atoms with E-state index in [9.17, 15) is 19.6 Å². The molecule has 0 spiro atoms. The van der Waals surface area contributed by atoms with Crippen molar-refractivity contribution < 1.29 is 19.6 Å². The molecule has 0 aromatic rings. The van der Waals surface area contributed by atoms with Crippen molar-refractivity contribution in [1.82, 2.24) is 10.8 Å². The third-order valence-corrected chi connectivity index (χ3v) is 12.7. The van der Waals surface area contributed by atoms with Gasteiger partial charge in [-0.2, -0.15) is 0 Å². The summed E-state index contributed by atoms with van der Waals surface area (Å²) in [6.45, 7) is 15.6. The van der Waals surface area contributed by atoms with E-state index in [1.807, 2.05) is 18.5 Å². The van der Waals surface area contributed by atoms with Gasteiger partial charge < -0.3 is 5.32 Å². The van der Waals surface area contributed by atoms with Crippen molar-refractivity contribution in [2.24, 2.45) is 44.8 Å². The smallest absolute Gasteiger partial charge is 0.249 e. The second-order valence-corrected chi connectivity index (χ2v) is 15.0. The molecule has 0 bridgehead atoms. The van der Waals surface area contributed by atoms with Crippen LogP contribution in [0.2, 0.25) is 0 Å². The van der Waals surface area contributed by atoms with Crippen LogP contribution in [0.4, 0.5) is 0 Å². The van der Waals surface area contributed by atoms with E-state index in [1.54, 1.807) is 0 Å². The van der Waals surface area contributed by atoms with Gasteiger partial charge >= 0.3 is 0 Å². The quantitative estimate of drug-likeness (QED) is 0.336. The standard InChI is InChI=1S/C30H46N2O4/c1-25(2)21-8-11-30(7)23(28(21,5)10-9-22(34)31-25)20(33)16-18-19-17-27(4,24(35)32-36)13-12-26(19,3)14-15-29(18,30)6/h16,19,21,23,36H,8-15,17H2,1-7H3,(H,31,34)(H,32,35). The summed E-state index contributed by atoms with van der Waals surface area (Å²) in [7, 11) is 0. The van der Waals surface area contributed by atoms with Crippen LogP contribution in [0.5, 0.6) is 0 Å². The molecule has 36 heavy (non-hydrogen) atoms. The molecule has 4 aliphatic carbocycles. The molecule has 0 aromatic heterocycles. The van der Waals surface area contributed by atoms with Crippen LogP contribution in [0.1, 0.15) is 106 Å².